The van der Waals surface area contributed by atoms with Crippen LogP contribution in [0.2, 0.25) is 0 Å². The number of aromatic nitrogens is 2. The maximum atomic E-state index is 13.3. The molecule has 11 heteroatoms. The Morgan fingerprint density at radius 2 is 1.86 bits per heavy atom. The summed E-state index contributed by atoms with van der Waals surface area (Å²) in [6, 6.07) is 6.46. The summed E-state index contributed by atoms with van der Waals surface area (Å²) >= 11 is 0. The van der Waals surface area contributed by atoms with Crippen LogP contribution in [0.5, 0.6) is 11.5 Å². The first-order valence-electron chi connectivity index (χ1n) is 11.5. The van der Waals surface area contributed by atoms with Gasteiger partial charge < -0.3 is 30.0 Å². The Kier molecular flexibility index (Phi) is 7.41. The number of benzene rings is 2. The summed E-state index contributed by atoms with van der Waals surface area (Å²) in [4.78, 5) is 8.99. The second-order valence-corrected chi connectivity index (χ2v) is 8.81. The molecule has 0 radical (unpaired) electrons. The third kappa shape index (κ3) is 5.90. The lowest BCUT2D eigenvalue weighted by molar-refractivity contribution is -0.156. The normalized spacial score (nSPS) is 15.9. The van der Waals surface area contributed by atoms with Crippen molar-refractivity contribution in [1.82, 2.24) is 9.97 Å². The van der Waals surface area contributed by atoms with Gasteiger partial charge in [0.25, 0.3) is 0 Å². The number of nitrogens with two attached hydrogens (primary N) is 1. The number of rotatable bonds is 9. The molecule has 0 spiro atoms. The second-order valence-electron chi connectivity index (χ2n) is 8.81. The molecule has 1 aliphatic rings. The van der Waals surface area contributed by atoms with Crippen LogP contribution in [-0.2, 0) is 15.7 Å². The number of methoxy groups -OCH3 is 1. The van der Waals surface area contributed by atoms with E-state index >= 15 is 0 Å². The fourth-order valence-corrected chi connectivity index (χ4v) is 3.88. The number of anilines is 2. The first-order valence-corrected chi connectivity index (χ1v) is 11.5. The molecule has 8 nitrogen and oxygen atoms in total. The monoisotopic (exact) mass is 506 g/mol. The lowest BCUT2D eigenvalue weighted by Crippen LogP contribution is -2.39. The van der Waals surface area contributed by atoms with Crippen molar-refractivity contribution in [2.24, 2.45) is 0 Å². The van der Waals surface area contributed by atoms with E-state index in [1.165, 1.54) is 13.2 Å². The van der Waals surface area contributed by atoms with E-state index in [-0.39, 0.29) is 24.5 Å². The first-order chi connectivity index (χ1) is 17.0. The van der Waals surface area contributed by atoms with Crippen LogP contribution in [-0.4, -0.2) is 49.1 Å². The predicted octanol–water partition coefficient (Wildman–Crippen LogP) is 4.90. The number of aryl methyl sites for hydroxylation is 1. The van der Waals surface area contributed by atoms with Crippen LogP contribution in [0.1, 0.15) is 36.8 Å². The van der Waals surface area contributed by atoms with Crippen LogP contribution < -0.4 is 20.5 Å². The Balaban J connectivity index is 1.62. The van der Waals surface area contributed by atoms with E-state index < -0.39 is 17.8 Å². The van der Waals surface area contributed by atoms with Crippen molar-refractivity contribution in [3.05, 3.63) is 47.3 Å². The average molecular weight is 507 g/mol. The summed E-state index contributed by atoms with van der Waals surface area (Å²) in [5.41, 5.74) is 5.95. The minimum atomic E-state index is -4.50. The van der Waals surface area contributed by atoms with Gasteiger partial charge in [-0.2, -0.15) is 13.2 Å². The second kappa shape index (κ2) is 10.4. The molecule has 194 valence electrons. The van der Waals surface area contributed by atoms with Gasteiger partial charge in [0.15, 0.2) is 11.5 Å². The lowest BCUT2D eigenvalue weighted by Gasteiger charge is -2.29. The van der Waals surface area contributed by atoms with Crippen molar-refractivity contribution in [2.75, 3.05) is 38.0 Å². The molecule has 0 saturated carbocycles. The first kappa shape index (κ1) is 25.8. The molecular weight excluding hydrogens is 477 g/mol. The largest absolute Gasteiger partial charge is 0.493 e. The summed E-state index contributed by atoms with van der Waals surface area (Å²) in [5, 5.41) is 3.84. The zero-order valence-corrected chi connectivity index (χ0v) is 20.5. The summed E-state index contributed by atoms with van der Waals surface area (Å²) in [6.07, 6.45) is -4.60. The highest BCUT2D eigenvalue weighted by Gasteiger charge is 2.31. The number of nitrogens with one attached hydrogen (secondary N) is 1. The molecular formula is C25H29F3N4O4. The number of ether oxygens (including phenoxy) is 4. The summed E-state index contributed by atoms with van der Waals surface area (Å²) in [5.74, 6) is 1.90. The Labute approximate surface area is 206 Å². The number of hydrogen-bond acceptors (Lipinski definition) is 8. The molecule has 3 aromatic rings. The molecule has 2 heterocycles. The lowest BCUT2D eigenvalue weighted by atomic mass is 10.0. The zero-order chi connectivity index (χ0) is 26.0. The Hall–Kier alpha value is -3.31. The van der Waals surface area contributed by atoms with Crippen molar-refractivity contribution in [1.29, 1.82) is 0 Å². The Morgan fingerprint density at radius 1 is 1.11 bits per heavy atom. The maximum absolute atomic E-state index is 13.3. The van der Waals surface area contributed by atoms with Crippen LogP contribution in [0.3, 0.4) is 0 Å². The minimum Gasteiger partial charge on any atom is -0.493 e. The topological polar surface area (TPSA) is 101 Å². The molecule has 0 amide bonds. The molecule has 3 N–H and O–H groups in total. The van der Waals surface area contributed by atoms with Crippen molar-refractivity contribution in [2.45, 2.75) is 45.2 Å². The Morgan fingerprint density at radius 3 is 2.50 bits per heavy atom. The van der Waals surface area contributed by atoms with Gasteiger partial charge in [-0.3, -0.25) is 0 Å². The van der Waals surface area contributed by atoms with Gasteiger partial charge >= 0.3 is 6.18 Å². The molecule has 1 fully saturated rings. The van der Waals surface area contributed by atoms with Crippen molar-refractivity contribution in [3.63, 3.8) is 0 Å². The molecule has 2 atom stereocenters. The van der Waals surface area contributed by atoms with Crippen LogP contribution in [0, 0.1) is 6.92 Å². The smallest absolute Gasteiger partial charge is 0.416 e. The number of nitrogen functional groups attached to an aromatic ring is 1. The molecule has 4 rings (SSSR count). The zero-order valence-electron chi connectivity index (χ0n) is 20.5. The molecule has 2 aromatic carbocycles. The van der Waals surface area contributed by atoms with Crippen molar-refractivity contribution >= 4 is 22.4 Å². The quantitative estimate of drug-likeness (QED) is 0.395. The van der Waals surface area contributed by atoms with E-state index in [4.69, 9.17) is 24.7 Å². The molecule has 0 bridgehead atoms. The number of halogens is 3. The van der Waals surface area contributed by atoms with E-state index in [1.54, 1.807) is 26.0 Å². The van der Waals surface area contributed by atoms with Gasteiger partial charge in [-0.15, -0.1) is 0 Å². The van der Waals surface area contributed by atoms with Gasteiger partial charge in [0, 0.05) is 17.1 Å². The number of hydrogen-bond donors (Lipinski definition) is 2. The van der Waals surface area contributed by atoms with E-state index in [0.29, 0.717) is 52.8 Å². The Bertz CT molecular complexity index is 1230. The fourth-order valence-electron chi connectivity index (χ4n) is 3.88. The third-order valence-electron chi connectivity index (χ3n) is 5.76. The number of fused-ring (bicyclic) bond motifs is 1. The van der Waals surface area contributed by atoms with E-state index in [1.807, 2.05) is 6.92 Å². The van der Waals surface area contributed by atoms with E-state index in [2.05, 4.69) is 15.3 Å². The third-order valence-corrected chi connectivity index (χ3v) is 5.76. The summed E-state index contributed by atoms with van der Waals surface area (Å²) in [7, 11) is 1.53. The van der Waals surface area contributed by atoms with Crippen LogP contribution in [0.25, 0.3) is 10.9 Å². The fraction of sp³-hybridized carbons (Fsp3) is 0.440. The van der Waals surface area contributed by atoms with Crippen LogP contribution in [0.4, 0.5) is 24.7 Å². The van der Waals surface area contributed by atoms with Gasteiger partial charge in [-0.05, 0) is 50.6 Å². The molecule has 1 aliphatic heterocycles. The molecule has 36 heavy (non-hydrogen) atoms. The summed E-state index contributed by atoms with van der Waals surface area (Å²) < 4.78 is 62.4. The maximum Gasteiger partial charge on any atom is 0.416 e. The number of alkyl halides is 3. The van der Waals surface area contributed by atoms with Gasteiger partial charge in [0.05, 0.1) is 43.5 Å². The van der Waals surface area contributed by atoms with Gasteiger partial charge in [0.1, 0.15) is 24.4 Å². The molecule has 1 aromatic heterocycles. The predicted molar refractivity (Wildman–Crippen MR) is 129 cm³/mol. The molecule has 0 aliphatic carbocycles. The van der Waals surface area contributed by atoms with Crippen LogP contribution in [0.15, 0.2) is 30.3 Å². The molecule has 1 saturated heterocycles. The SMILES string of the molecule is COc1cc2nc(C)nc(N[C@H](C)c3cc(N)cc(C(F)(F)F)c3)c2cc1OC[C@@H](C)OC1COC1. The number of nitrogens with zero attached hydrogens (tertiary/aromatic N) is 2. The van der Waals surface area contributed by atoms with E-state index in [9.17, 15) is 13.2 Å². The highest BCUT2D eigenvalue weighted by molar-refractivity contribution is 5.92. The van der Waals surface area contributed by atoms with Crippen molar-refractivity contribution < 1.29 is 32.1 Å². The van der Waals surface area contributed by atoms with Gasteiger partial charge in [-0.25, -0.2) is 9.97 Å². The van der Waals surface area contributed by atoms with Gasteiger partial charge in [-0.1, -0.05) is 0 Å². The summed E-state index contributed by atoms with van der Waals surface area (Å²) in [6.45, 7) is 6.82. The van der Waals surface area contributed by atoms with Gasteiger partial charge in [0.2, 0.25) is 0 Å². The minimum absolute atomic E-state index is 0.0300. The average Bonchev–Trinajstić information content (AvgIpc) is 2.78. The highest BCUT2D eigenvalue weighted by Crippen LogP contribution is 2.37. The molecule has 0 unspecified atom stereocenters. The van der Waals surface area contributed by atoms with Crippen molar-refractivity contribution in [3.8, 4) is 11.5 Å². The van der Waals surface area contributed by atoms with E-state index in [0.717, 1.165) is 12.1 Å². The highest BCUT2D eigenvalue weighted by atomic mass is 19.4. The standard InChI is InChI=1S/C25H29F3N4O4/c1-13(36-19-11-34-12-19)10-35-23-8-20-21(9-22(23)33-4)31-15(3)32-24(20)30-14(2)16-5-17(25(26,27)28)7-18(29)6-16/h5-9,13-14,19H,10-12,29H2,1-4H3,(H,30,31,32)/t13-,14-/m1/s1. The van der Waals surface area contributed by atoms with Crippen LogP contribution >= 0.6 is 0 Å².